The lowest BCUT2D eigenvalue weighted by Gasteiger charge is -2.06. The molecule has 0 heterocycles. The molecule has 0 aromatic rings. The Balaban J connectivity index is 3.50. The average molecular weight is 243 g/mol. The van der Waals surface area contributed by atoms with Crippen molar-refractivity contribution in [1.29, 1.82) is 0 Å². The second-order valence-electron chi connectivity index (χ2n) is 2.02. The molecule has 0 fully saturated rings. The van der Waals surface area contributed by atoms with Crippen LogP contribution >= 0.6 is 22.6 Å². The number of carboxylic acids is 1. The summed E-state index contributed by atoms with van der Waals surface area (Å²) < 4.78 is -0.345. The lowest BCUT2D eigenvalue weighted by Crippen LogP contribution is -2.24. The van der Waals surface area contributed by atoms with Crippen molar-refractivity contribution in [3.63, 3.8) is 0 Å². The van der Waals surface area contributed by atoms with Gasteiger partial charge in [0.1, 0.15) is 3.92 Å². The normalized spacial score (nSPS) is 16.8. The van der Waals surface area contributed by atoms with Crippen LogP contribution in [0.3, 0.4) is 0 Å². The topological polar surface area (TPSA) is 63.3 Å². The van der Waals surface area contributed by atoms with Gasteiger partial charge in [-0.15, -0.1) is 0 Å². The Hall–Kier alpha value is 0.160. The van der Waals surface area contributed by atoms with Gasteiger partial charge in [-0.05, 0) is 13.3 Å². The molecule has 0 aromatic heterocycles. The number of hydrogen-bond acceptors (Lipinski definition) is 2. The van der Waals surface area contributed by atoms with Crippen LogP contribution in [0.2, 0.25) is 0 Å². The fourth-order valence-corrected chi connectivity index (χ4v) is 1.23. The monoisotopic (exact) mass is 243 g/mol. The van der Waals surface area contributed by atoms with Gasteiger partial charge in [-0.2, -0.15) is 0 Å². The number of carboxylic acid groups (broad SMARTS) is 1. The van der Waals surface area contributed by atoms with Gasteiger partial charge < -0.3 is 10.8 Å². The Kier molecular flexibility index (Phi) is 4.12. The van der Waals surface area contributed by atoms with Gasteiger partial charge in [0.15, 0.2) is 0 Å². The summed E-state index contributed by atoms with van der Waals surface area (Å²) in [6.07, 6.45) is 0.538. The van der Waals surface area contributed by atoms with Gasteiger partial charge in [-0.25, -0.2) is 0 Å². The highest BCUT2D eigenvalue weighted by molar-refractivity contribution is 14.1. The SMILES string of the molecule is CC(N)CC(I)C(=O)O. The van der Waals surface area contributed by atoms with Crippen LogP contribution < -0.4 is 5.73 Å². The zero-order valence-electron chi connectivity index (χ0n) is 5.17. The van der Waals surface area contributed by atoms with Crippen molar-refractivity contribution >= 4 is 28.6 Å². The van der Waals surface area contributed by atoms with E-state index in [0.29, 0.717) is 6.42 Å². The molecule has 0 aliphatic heterocycles. The molecule has 2 unspecified atom stereocenters. The van der Waals surface area contributed by atoms with Crippen LogP contribution in [0.1, 0.15) is 13.3 Å². The molecule has 0 aliphatic carbocycles. The van der Waals surface area contributed by atoms with E-state index in [-0.39, 0.29) is 9.97 Å². The molecule has 0 saturated heterocycles. The lowest BCUT2D eigenvalue weighted by molar-refractivity contribution is -0.136. The third kappa shape index (κ3) is 4.65. The zero-order chi connectivity index (χ0) is 7.44. The number of aliphatic carboxylic acids is 1. The molecule has 0 rings (SSSR count). The first-order valence-corrected chi connectivity index (χ1v) is 3.91. The zero-order valence-corrected chi connectivity index (χ0v) is 7.33. The van der Waals surface area contributed by atoms with Crippen LogP contribution in [0.4, 0.5) is 0 Å². The van der Waals surface area contributed by atoms with E-state index < -0.39 is 5.97 Å². The Morgan fingerprint density at radius 3 is 2.44 bits per heavy atom. The smallest absolute Gasteiger partial charge is 0.316 e. The van der Waals surface area contributed by atoms with Crippen LogP contribution in [0.15, 0.2) is 0 Å². The third-order valence-corrected chi connectivity index (χ3v) is 1.89. The van der Waals surface area contributed by atoms with Crippen molar-refractivity contribution in [1.82, 2.24) is 0 Å². The van der Waals surface area contributed by atoms with Gasteiger partial charge in [-0.1, -0.05) is 22.6 Å². The van der Waals surface area contributed by atoms with Gasteiger partial charge in [0.05, 0.1) is 0 Å². The molecule has 0 amide bonds. The highest BCUT2D eigenvalue weighted by Crippen LogP contribution is 2.07. The van der Waals surface area contributed by atoms with Crippen molar-refractivity contribution in [2.45, 2.75) is 23.3 Å². The maximum absolute atomic E-state index is 10.2. The number of nitrogens with two attached hydrogens (primary N) is 1. The van der Waals surface area contributed by atoms with E-state index in [4.69, 9.17) is 10.8 Å². The van der Waals surface area contributed by atoms with E-state index >= 15 is 0 Å². The van der Waals surface area contributed by atoms with Gasteiger partial charge in [0, 0.05) is 6.04 Å². The molecule has 0 aliphatic rings. The van der Waals surface area contributed by atoms with E-state index in [9.17, 15) is 4.79 Å². The maximum Gasteiger partial charge on any atom is 0.316 e. The third-order valence-electron chi connectivity index (χ3n) is 0.847. The molecule has 0 bridgehead atoms. The highest BCUT2D eigenvalue weighted by Gasteiger charge is 2.13. The van der Waals surface area contributed by atoms with E-state index in [2.05, 4.69) is 0 Å². The van der Waals surface area contributed by atoms with E-state index in [1.165, 1.54) is 0 Å². The number of halogens is 1. The van der Waals surface area contributed by atoms with E-state index in [1.54, 1.807) is 6.92 Å². The highest BCUT2D eigenvalue weighted by atomic mass is 127. The van der Waals surface area contributed by atoms with Crippen LogP contribution in [0.5, 0.6) is 0 Å². The number of hydrogen-bond donors (Lipinski definition) is 2. The molecule has 3 nitrogen and oxygen atoms in total. The van der Waals surface area contributed by atoms with Gasteiger partial charge in [0.25, 0.3) is 0 Å². The Morgan fingerprint density at radius 1 is 1.89 bits per heavy atom. The van der Waals surface area contributed by atoms with E-state index in [0.717, 1.165) is 0 Å². The average Bonchev–Trinajstić information content (AvgIpc) is 1.63. The van der Waals surface area contributed by atoms with Crippen LogP contribution in [0, 0.1) is 0 Å². The molecule has 0 spiro atoms. The molecular weight excluding hydrogens is 233 g/mol. The van der Waals surface area contributed by atoms with Crippen LogP contribution in [0.25, 0.3) is 0 Å². The largest absolute Gasteiger partial charge is 0.480 e. The molecular formula is C5H10INO2. The van der Waals surface area contributed by atoms with Gasteiger partial charge in [-0.3, -0.25) is 4.79 Å². The molecule has 4 heteroatoms. The number of rotatable bonds is 3. The standard InChI is InChI=1S/C5H10INO2/c1-3(7)2-4(6)5(8)9/h3-4H,2,7H2,1H3,(H,8,9). The van der Waals surface area contributed by atoms with Crippen LogP contribution in [-0.4, -0.2) is 21.0 Å². The van der Waals surface area contributed by atoms with Crippen molar-refractivity contribution in [2.24, 2.45) is 5.73 Å². The molecule has 54 valence electrons. The summed E-state index contributed by atoms with van der Waals surface area (Å²) in [5.41, 5.74) is 5.36. The quantitative estimate of drug-likeness (QED) is 0.564. The number of alkyl halides is 1. The number of carbonyl (C=O) groups is 1. The molecule has 9 heavy (non-hydrogen) atoms. The van der Waals surface area contributed by atoms with Crippen molar-refractivity contribution < 1.29 is 9.90 Å². The molecule has 3 N–H and O–H groups in total. The molecule has 0 saturated carbocycles. The van der Waals surface area contributed by atoms with Gasteiger partial charge >= 0.3 is 5.97 Å². The minimum absolute atomic E-state index is 0.0250. The Labute approximate surface area is 67.8 Å². The first kappa shape index (κ1) is 9.16. The second-order valence-corrected chi connectivity index (χ2v) is 3.52. The summed E-state index contributed by atoms with van der Waals surface area (Å²) in [5, 5.41) is 8.37. The fraction of sp³-hybridized carbons (Fsp3) is 0.800. The second kappa shape index (κ2) is 4.05. The molecule has 0 radical (unpaired) electrons. The summed E-state index contributed by atoms with van der Waals surface area (Å²) >= 11 is 1.87. The summed E-state index contributed by atoms with van der Waals surface area (Å²) in [6, 6.07) is -0.0250. The first-order chi connectivity index (χ1) is 4.04. The predicted octanol–water partition coefficient (Wildman–Crippen LogP) is 0.612. The van der Waals surface area contributed by atoms with Crippen LogP contribution in [-0.2, 0) is 4.79 Å². The summed E-state index contributed by atoms with van der Waals surface area (Å²) in [4.78, 5) is 10.2. The minimum atomic E-state index is -0.784. The van der Waals surface area contributed by atoms with Gasteiger partial charge in [0.2, 0.25) is 0 Å². The maximum atomic E-state index is 10.2. The first-order valence-electron chi connectivity index (χ1n) is 2.66. The summed E-state index contributed by atoms with van der Waals surface area (Å²) in [6.45, 7) is 1.80. The fourth-order valence-electron chi connectivity index (χ4n) is 0.427. The minimum Gasteiger partial charge on any atom is -0.480 e. The van der Waals surface area contributed by atoms with Crippen molar-refractivity contribution in [2.75, 3.05) is 0 Å². The van der Waals surface area contributed by atoms with E-state index in [1.807, 2.05) is 22.6 Å². The molecule has 0 aromatic carbocycles. The van der Waals surface area contributed by atoms with Crippen molar-refractivity contribution in [3.05, 3.63) is 0 Å². The van der Waals surface area contributed by atoms with Crippen molar-refractivity contribution in [3.8, 4) is 0 Å². The molecule has 2 atom stereocenters. The summed E-state index contributed by atoms with van der Waals surface area (Å²) in [5.74, 6) is -0.784. The Bertz CT molecular complexity index is 105. The lowest BCUT2D eigenvalue weighted by atomic mass is 10.2. The predicted molar refractivity (Wildman–Crippen MR) is 43.7 cm³/mol. The summed E-state index contributed by atoms with van der Waals surface area (Å²) in [7, 11) is 0. The Morgan fingerprint density at radius 2 is 2.33 bits per heavy atom.